The summed E-state index contributed by atoms with van der Waals surface area (Å²) in [6.45, 7) is 9.17. The van der Waals surface area contributed by atoms with Gasteiger partial charge in [0.1, 0.15) is 18.5 Å². The van der Waals surface area contributed by atoms with Gasteiger partial charge in [0.05, 0.1) is 22.5 Å². The molecule has 3 saturated heterocycles. The maximum Gasteiger partial charge on any atom is 0.164 e. The Balaban J connectivity index is 1.47. The first kappa shape index (κ1) is 21.9. The fraction of sp³-hybridized carbons (Fsp3) is 0.586. The highest BCUT2D eigenvalue weighted by molar-refractivity contribution is 5.77. The van der Waals surface area contributed by atoms with E-state index in [0.29, 0.717) is 6.42 Å². The highest BCUT2D eigenvalue weighted by Crippen LogP contribution is 2.71. The van der Waals surface area contributed by atoms with Crippen molar-refractivity contribution in [2.75, 3.05) is 23.8 Å². The van der Waals surface area contributed by atoms with Crippen LogP contribution in [-0.2, 0) is 25.0 Å². The maximum atomic E-state index is 11.2. The third-order valence-electron chi connectivity index (χ3n) is 10.1. The van der Waals surface area contributed by atoms with E-state index in [2.05, 4.69) is 78.5 Å². The quantitative estimate of drug-likeness (QED) is 0.631. The number of benzene rings is 2. The number of para-hydroxylation sites is 1. The number of rotatable bonds is 1. The van der Waals surface area contributed by atoms with Crippen LogP contribution in [0.3, 0.4) is 0 Å². The predicted molar refractivity (Wildman–Crippen MR) is 136 cm³/mol. The number of hydrogen-bond acceptors (Lipinski definition) is 7. The third kappa shape index (κ3) is 2.26. The minimum atomic E-state index is -0.815. The molecule has 0 aromatic heterocycles. The number of piperidine rings is 1. The van der Waals surface area contributed by atoms with Gasteiger partial charge in [0, 0.05) is 31.4 Å². The van der Waals surface area contributed by atoms with E-state index in [1.54, 1.807) is 0 Å². The fourth-order valence-corrected chi connectivity index (χ4v) is 9.28. The van der Waals surface area contributed by atoms with Crippen LogP contribution in [-0.4, -0.2) is 59.8 Å². The Kier molecular flexibility index (Phi) is 3.92. The van der Waals surface area contributed by atoms with Crippen LogP contribution in [0, 0.1) is 0 Å². The molecule has 7 nitrogen and oxygen atoms in total. The van der Waals surface area contributed by atoms with Gasteiger partial charge in [-0.1, -0.05) is 30.3 Å². The molecule has 2 N–H and O–H groups in total. The van der Waals surface area contributed by atoms with Gasteiger partial charge in [-0.05, 0) is 62.9 Å². The van der Waals surface area contributed by atoms with Crippen molar-refractivity contribution in [3.8, 4) is 0 Å². The van der Waals surface area contributed by atoms with Crippen molar-refractivity contribution in [2.45, 2.75) is 93.6 Å². The Morgan fingerprint density at radius 3 is 2.61 bits per heavy atom. The molecule has 2 spiro atoms. The Morgan fingerprint density at radius 1 is 1.03 bits per heavy atom. The maximum absolute atomic E-state index is 11.2. The van der Waals surface area contributed by atoms with Crippen LogP contribution in [0.15, 0.2) is 42.5 Å². The molecular weight excluding hydrogens is 454 g/mol. The average Bonchev–Trinajstić information content (AvgIpc) is 3.31. The second kappa shape index (κ2) is 6.45. The highest BCUT2D eigenvalue weighted by Gasteiger charge is 2.77. The predicted octanol–water partition coefficient (Wildman–Crippen LogP) is 3.82. The molecule has 6 heterocycles. The lowest BCUT2D eigenvalue weighted by molar-refractivity contribution is -0.192. The molecule has 8 atom stereocenters. The first-order valence-electron chi connectivity index (χ1n) is 13.3. The van der Waals surface area contributed by atoms with Crippen LogP contribution < -0.4 is 10.2 Å². The van der Waals surface area contributed by atoms with Crippen molar-refractivity contribution >= 4 is 11.4 Å². The molecule has 6 aliphatic rings. The van der Waals surface area contributed by atoms with Crippen LogP contribution in [0.2, 0.25) is 0 Å². The number of likely N-dealkylation sites (N-methyl/N-ethyl adjacent to an activating group) is 1. The van der Waals surface area contributed by atoms with E-state index in [4.69, 9.17) is 14.2 Å². The highest BCUT2D eigenvalue weighted by atomic mass is 16.8. The summed E-state index contributed by atoms with van der Waals surface area (Å²) in [5.41, 5.74) is 5.25. The lowest BCUT2D eigenvalue weighted by Crippen LogP contribution is -2.71. The number of nitrogens with one attached hydrogen (secondary N) is 1. The summed E-state index contributed by atoms with van der Waals surface area (Å²) in [5.74, 6) is -0.677. The second-order valence-corrected chi connectivity index (χ2v) is 12.6. The van der Waals surface area contributed by atoms with Gasteiger partial charge >= 0.3 is 0 Å². The molecule has 3 fully saturated rings. The van der Waals surface area contributed by atoms with Gasteiger partial charge in [0.15, 0.2) is 12.1 Å². The number of aliphatic hydroxyl groups is 1. The van der Waals surface area contributed by atoms with E-state index in [-0.39, 0.29) is 35.4 Å². The third-order valence-corrected chi connectivity index (χ3v) is 10.1. The number of aliphatic hydroxyl groups excluding tert-OH is 1. The monoisotopic (exact) mass is 489 g/mol. The van der Waals surface area contributed by atoms with E-state index in [9.17, 15) is 5.11 Å². The van der Waals surface area contributed by atoms with Crippen LogP contribution in [0.25, 0.3) is 0 Å². The van der Waals surface area contributed by atoms with Gasteiger partial charge in [-0.3, -0.25) is 4.90 Å². The van der Waals surface area contributed by atoms with Gasteiger partial charge in [-0.15, -0.1) is 0 Å². The second-order valence-electron chi connectivity index (χ2n) is 12.6. The molecule has 190 valence electrons. The standard InChI is InChI=1S/C29H35N3O4/c1-26(2)23(35-27(3,4)36-26)22-16-9-8-12-19-21(16)28-13-14-32(22)25-29(28,15-20(33)34-25)17-10-6-7-11-18(17)30-24(28)31(19)5/h6-12,20,22-25,30,33H,13-15H2,1-5H3/t20?,22-,23-,24+,25-,28-,29-/m0/s1. The molecule has 0 amide bonds. The number of anilines is 2. The lowest BCUT2D eigenvalue weighted by Gasteiger charge is -2.60. The molecule has 2 aromatic carbocycles. The minimum absolute atomic E-state index is 0.0619. The van der Waals surface area contributed by atoms with E-state index in [1.807, 2.05) is 13.8 Å². The van der Waals surface area contributed by atoms with Crippen molar-refractivity contribution in [3.05, 3.63) is 59.2 Å². The lowest BCUT2D eigenvalue weighted by atomic mass is 9.50. The summed E-state index contributed by atoms with van der Waals surface area (Å²) in [6, 6.07) is 15.4. The number of hydrogen-bond donors (Lipinski definition) is 2. The zero-order chi connectivity index (χ0) is 24.8. The van der Waals surface area contributed by atoms with Crippen molar-refractivity contribution in [1.82, 2.24) is 4.90 Å². The Hall–Kier alpha value is -2.16. The van der Waals surface area contributed by atoms with E-state index >= 15 is 0 Å². The molecule has 8 rings (SSSR count). The van der Waals surface area contributed by atoms with E-state index < -0.39 is 17.7 Å². The zero-order valence-corrected chi connectivity index (χ0v) is 21.6. The summed E-state index contributed by atoms with van der Waals surface area (Å²) < 4.78 is 19.8. The molecule has 2 bridgehead atoms. The molecule has 0 aliphatic carbocycles. The van der Waals surface area contributed by atoms with Crippen LogP contribution in [0.5, 0.6) is 0 Å². The molecule has 0 radical (unpaired) electrons. The topological polar surface area (TPSA) is 66.4 Å². The summed E-state index contributed by atoms with van der Waals surface area (Å²) >= 11 is 0. The fourth-order valence-electron chi connectivity index (χ4n) is 9.28. The molecule has 36 heavy (non-hydrogen) atoms. The molecule has 0 saturated carbocycles. The number of fused-ring (bicyclic) bond motifs is 1. The van der Waals surface area contributed by atoms with Crippen LogP contribution >= 0.6 is 0 Å². The summed E-state index contributed by atoms with van der Waals surface area (Å²) in [4.78, 5) is 4.93. The SMILES string of the molecule is CN1c2cccc3c2[C@]24CCN([C@H]5OC(O)C[C@]52c2ccccc2N[C@H]14)[C@@H]3[C@@H]1OC(C)(C)OC1(C)C. The Bertz CT molecular complexity index is 1300. The molecule has 2 aromatic rings. The number of ether oxygens (including phenoxy) is 3. The normalized spacial score (nSPS) is 44.0. The molecule has 6 aliphatic heterocycles. The van der Waals surface area contributed by atoms with Gasteiger partial charge in [0.25, 0.3) is 0 Å². The van der Waals surface area contributed by atoms with Gasteiger partial charge < -0.3 is 29.5 Å². The van der Waals surface area contributed by atoms with Crippen molar-refractivity contribution in [2.24, 2.45) is 0 Å². The summed E-state index contributed by atoms with van der Waals surface area (Å²) in [5, 5.41) is 15.1. The zero-order valence-electron chi connectivity index (χ0n) is 21.6. The van der Waals surface area contributed by atoms with Crippen LogP contribution in [0.1, 0.15) is 63.3 Å². The summed E-state index contributed by atoms with van der Waals surface area (Å²) in [7, 11) is 2.21. The summed E-state index contributed by atoms with van der Waals surface area (Å²) in [6.07, 6.45) is 0.352. The number of nitrogens with zero attached hydrogens (tertiary/aromatic N) is 2. The smallest absolute Gasteiger partial charge is 0.164 e. The first-order valence-corrected chi connectivity index (χ1v) is 13.3. The first-order chi connectivity index (χ1) is 17.1. The minimum Gasteiger partial charge on any atom is -0.368 e. The molecular formula is C29H35N3O4. The molecule has 2 unspecified atom stereocenters. The molecule has 7 heteroatoms. The van der Waals surface area contributed by atoms with Gasteiger partial charge in [-0.25, -0.2) is 0 Å². The Morgan fingerprint density at radius 2 is 1.83 bits per heavy atom. The van der Waals surface area contributed by atoms with Crippen LogP contribution in [0.4, 0.5) is 11.4 Å². The largest absolute Gasteiger partial charge is 0.368 e. The van der Waals surface area contributed by atoms with E-state index in [0.717, 1.165) is 18.7 Å². The van der Waals surface area contributed by atoms with Crippen molar-refractivity contribution < 1.29 is 19.3 Å². The van der Waals surface area contributed by atoms with Crippen molar-refractivity contribution in [3.63, 3.8) is 0 Å². The van der Waals surface area contributed by atoms with E-state index in [1.165, 1.54) is 22.4 Å². The van der Waals surface area contributed by atoms with Gasteiger partial charge in [0.2, 0.25) is 0 Å². The van der Waals surface area contributed by atoms with Crippen molar-refractivity contribution in [1.29, 1.82) is 0 Å². The Labute approximate surface area is 212 Å². The van der Waals surface area contributed by atoms with Gasteiger partial charge in [-0.2, -0.15) is 0 Å². The average molecular weight is 490 g/mol.